The molecule has 49 heavy (non-hydrogen) atoms. The van der Waals surface area contributed by atoms with Gasteiger partial charge in [0.15, 0.2) is 6.10 Å². The molecule has 0 radical (unpaired) electrons. The Bertz CT molecular complexity index is 995. The average Bonchev–Trinajstić information content (AvgIpc) is 3.10. The number of carbonyl (C=O) groups is 2. The zero-order valence-corrected chi connectivity index (χ0v) is 31.2. The number of ether oxygens (including phenoxy) is 2. The summed E-state index contributed by atoms with van der Waals surface area (Å²) in [5.41, 5.74) is 0. The van der Waals surface area contributed by atoms with Crippen LogP contribution in [0.3, 0.4) is 0 Å². The van der Waals surface area contributed by atoms with Crippen LogP contribution in [-0.4, -0.2) is 36.4 Å². The van der Waals surface area contributed by atoms with Crippen molar-refractivity contribution in [3.63, 3.8) is 0 Å². The summed E-state index contributed by atoms with van der Waals surface area (Å²) in [5, 5.41) is 9.54. The van der Waals surface area contributed by atoms with E-state index in [1.807, 2.05) is 36.5 Å². The number of rotatable bonds is 33. The molecule has 0 aliphatic heterocycles. The van der Waals surface area contributed by atoms with Gasteiger partial charge < -0.3 is 14.6 Å². The van der Waals surface area contributed by atoms with Crippen LogP contribution in [0, 0.1) is 0 Å². The van der Waals surface area contributed by atoms with Crippen molar-refractivity contribution in [3.8, 4) is 0 Å². The molecule has 1 N–H and O–H groups in total. The van der Waals surface area contributed by atoms with Crippen molar-refractivity contribution in [1.29, 1.82) is 0 Å². The van der Waals surface area contributed by atoms with Gasteiger partial charge in [-0.25, -0.2) is 0 Å². The van der Waals surface area contributed by atoms with Crippen LogP contribution in [0.5, 0.6) is 0 Å². The first-order chi connectivity index (χ1) is 24.1. The highest BCUT2D eigenvalue weighted by Gasteiger charge is 2.16. The summed E-state index contributed by atoms with van der Waals surface area (Å²) in [6.45, 7) is 3.82. The monoisotopic (exact) mass is 679 g/mol. The van der Waals surface area contributed by atoms with Gasteiger partial charge in [0.1, 0.15) is 6.61 Å². The van der Waals surface area contributed by atoms with E-state index in [2.05, 4.69) is 74.6 Å². The number of hydrogen-bond acceptors (Lipinski definition) is 5. The van der Waals surface area contributed by atoms with Crippen LogP contribution in [0.4, 0.5) is 0 Å². The van der Waals surface area contributed by atoms with Gasteiger partial charge in [0.25, 0.3) is 0 Å². The lowest BCUT2D eigenvalue weighted by Crippen LogP contribution is -2.28. The molecule has 0 bridgehead atoms. The quantitative estimate of drug-likeness (QED) is 0.0324. The van der Waals surface area contributed by atoms with Crippen molar-refractivity contribution in [3.05, 3.63) is 97.2 Å². The Morgan fingerprint density at radius 1 is 0.490 bits per heavy atom. The van der Waals surface area contributed by atoms with Crippen LogP contribution < -0.4 is 0 Å². The van der Waals surface area contributed by atoms with Crippen LogP contribution in [0.15, 0.2) is 97.2 Å². The van der Waals surface area contributed by atoms with Crippen LogP contribution in [0.25, 0.3) is 0 Å². The van der Waals surface area contributed by atoms with Gasteiger partial charge in [-0.1, -0.05) is 162 Å². The Labute approximate surface area is 300 Å². The number of carbonyl (C=O) groups excluding carboxylic acids is 2. The molecule has 0 saturated heterocycles. The molecule has 0 saturated carbocycles. The summed E-state index contributed by atoms with van der Waals surface area (Å²) >= 11 is 0. The molecule has 0 amide bonds. The fourth-order valence-corrected chi connectivity index (χ4v) is 4.85. The van der Waals surface area contributed by atoms with Gasteiger partial charge in [-0.15, -0.1) is 0 Å². The zero-order chi connectivity index (χ0) is 35.7. The molecule has 0 aromatic heterocycles. The summed E-state index contributed by atoms with van der Waals surface area (Å²) in [7, 11) is 0. The van der Waals surface area contributed by atoms with Crippen molar-refractivity contribution < 1.29 is 24.2 Å². The van der Waals surface area contributed by atoms with E-state index in [1.54, 1.807) is 0 Å². The van der Waals surface area contributed by atoms with E-state index in [-0.39, 0.29) is 25.2 Å². The minimum Gasteiger partial charge on any atom is -0.462 e. The number of aliphatic hydroxyl groups is 1. The fourth-order valence-electron chi connectivity index (χ4n) is 4.85. The average molecular weight is 679 g/mol. The third-order valence-corrected chi connectivity index (χ3v) is 7.72. The maximum absolute atomic E-state index is 12.2. The molecule has 0 aromatic rings. The molecule has 0 aliphatic rings. The molecule has 0 fully saturated rings. The molecule has 5 nitrogen and oxygen atoms in total. The second-order valence-corrected chi connectivity index (χ2v) is 12.3. The third kappa shape index (κ3) is 37.5. The third-order valence-electron chi connectivity index (χ3n) is 7.72. The zero-order valence-electron chi connectivity index (χ0n) is 31.2. The maximum Gasteiger partial charge on any atom is 0.306 e. The highest BCUT2D eigenvalue weighted by Crippen LogP contribution is 2.13. The molecule has 0 aromatic carbocycles. The van der Waals surface area contributed by atoms with Crippen molar-refractivity contribution in [2.75, 3.05) is 13.2 Å². The molecule has 0 aliphatic carbocycles. The fraction of sp³-hybridized carbons (Fsp3) is 0.591. The molecule has 0 heterocycles. The van der Waals surface area contributed by atoms with Gasteiger partial charge in [0.05, 0.1) is 6.61 Å². The van der Waals surface area contributed by atoms with E-state index in [9.17, 15) is 14.7 Å². The van der Waals surface area contributed by atoms with E-state index in [1.165, 1.54) is 44.9 Å². The highest BCUT2D eigenvalue weighted by atomic mass is 16.6. The maximum atomic E-state index is 12.2. The van der Waals surface area contributed by atoms with E-state index >= 15 is 0 Å². The lowest BCUT2D eigenvalue weighted by atomic mass is 10.1. The highest BCUT2D eigenvalue weighted by molar-refractivity contribution is 5.70. The lowest BCUT2D eigenvalue weighted by Gasteiger charge is -2.15. The number of allylic oxidation sites excluding steroid dienone is 16. The predicted molar refractivity (Wildman–Crippen MR) is 209 cm³/mol. The first kappa shape index (κ1) is 45.8. The molecule has 276 valence electrons. The van der Waals surface area contributed by atoms with Crippen LogP contribution in [0.1, 0.15) is 149 Å². The van der Waals surface area contributed by atoms with Crippen LogP contribution in [-0.2, 0) is 19.1 Å². The van der Waals surface area contributed by atoms with Crippen molar-refractivity contribution in [1.82, 2.24) is 0 Å². The Hall–Kier alpha value is -3.18. The number of unbranched alkanes of at least 4 members (excludes halogenated alkanes) is 12. The normalized spacial score (nSPS) is 13.3. The van der Waals surface area contributed by atoms with Gasteiger partial charge in [0.2, 0.25) is 0 Å². The van der Waals surface area contributed by atoms with E-state index in [0.29, 0.717) is 12.8 Å². The Morgan fingerprint density at radius 3 is 1.49 bits per heavy atom. The van der Waals surface area contributed by atoms with Gasteiger partial charge in [0, 0.05) is 12.8 Å². The van der Waals surface area contributed by atoms with Gasteiger partial charge >= 0.3 is 11.9 Å². The lowest BCUT2D eigenvalue weighted by molar-refractivity contribution is -0.161. The molecular weight excluding hydrogens is 608 g/mol. The van der Waals surface area contributed by atoms with Crippen molar-refractivity contribution >= 4 is 11.9 Å². The number of aliphatic hydroxyl groups excluding tert-OH is 1. The molecule has 1 unspecified atom stereocenters. The Morgan fingerprint density at radius 2 is 0.918 bits per heavy atom. The summed E-state index contributed by atoms with van der Waals surface area (Å²) in [5.74, 6) is -0.654. The van der Waals surface area contributed by atoms with E-state index in [0.717, 1.165) is 77.0 Å². The second kappa shape index (κ2) is 39.3. The SMILES string of the molecule is CC/C=C/C=C/C=C/C=C/CCCCCC(=O)OCC(CO)OC(=O)CCCCCCCCCCC/C=C/C/C=C/C/C=C/C/C=C/CC. The molecule has 1 atom stereocenters. The predicted octanol–water partition coefficient (Wildman–Crippen LogP) is 12.1. The summed E-state index contributed by atoms with van der Waals surface area (Å²) in [4.78, 5) is 24.2. The van der Waals surface area contributed by atoms with Crippen molar-refractivity contribution in [2.45, 2.75) is 155 Å². The van der Waals surface area contributed by atoms with Gasteiger partial charge in [-0.2, -0.15) is 0 Å². The summed E-state index contributed by atoms with van der Waals surface area (Å²) < 4.78 is 10.6. The van der Waals surface area contributed by atoms with Gasteiger partial charge in [-0.3, -0.25) is 9.59 Å². The Kier molecular flexibility index (Phi) is 36.7. The van der Waals surface area contributed by atoms with Crippen LogP contribution >= 0.6 is 0 Å². The topological polar surface area (TPSA) is 72.8 Å². The Balaban J connectivity index is 3.64. The smallest absolute Gasteiger partial charge is 0.306 e. The first-order valence-electron chi connectivity index (χ1n) is 19.3. The van der Waals surface area contributed by atoms with E-state index < -0.39 is 6.10 Å². The number of hydrogen-bond donors (Lipinski definition) is 1. The van der Waals surface area contributed by atoms with Gasteiger partial charge in [-0.05, 0) is 70.6 Å². The minimum absolute atomic E-state index is 0.0950. The molecular formula is C44H70O5. The summed E-state index contributed by atoms with van der Waals surface area (Å²) in [6, 6.07) is 0. The van der Waals surface area contributed by atoms with E-state index in [4.69, 9.17) is 9.47 Å². The first-order valence-corrected chi connectivity index (χ1v) is 19.3. The van der Waals surface area contributed by atoms with Crippen molar-refractivity contribution in [2.24, 2.45) is 0 Å². The standard InChI is InChI=1S/C44H70O5/c1-3-5-7-9-11-13-15-17-18-19-20-21-22-23-24-25-27-29-31-33-35-37-39-44(47)49-42(40-45)41-48-43(46)38-36-34-32-30-28-26-16-14-12-10-8-6-4-2/h5-8,10-14,16-18,20-21,26,28,42,45H,3-4,9,15,19,22-25,27,29-41H2,1-2H3/b7-5+,8-6+,12-10+,13-11+,16-14+,18-17+,21-20+,28-26+. The van der Waals surface area contributed by atoms with Crippen LogP contribution in [0.2, 0.25) is 0 Å². The largest absolute Gasteiger partial charge is 0.462 e. The molecule has 0 rings (SSSR count). The summed E-state index contributed by atoms with van der Waals surface area (Å²) in [6.07, 6.45) is 54.7. The minimum atomic E-state index is -0.796. The second-order valence-electron chi connectivity index (χ2n) is 12.3. The molecule has 5 heteroatoms. The molecule has 0 spiro atoms. The number of esters is 2.